The molecule has 0 radical (unpaired) electrons. The highest BCUT2D eigenvalue weighted by atomic mass is 35.5. The number of likely N-dealkylation sites (tertiary alicyclic amines) is 3. The van der Waals surface area contributed by atoms with E-state index in [4.69, 9.17) is 31.5 Å². The molecule has 6 amide bonds. The summed E-state index contributed by atoms with van der Waals surface area (Å²) in [5.41, 5.74) is 8.96. The molecule has 7 N–H and O–H groups in total. The number of hydrogen-bond donors (Lipinski definition) is 6. The molecule has 2 aliphatic carbocycles. The lowest BCUT2D eigenvalue weighted by atomic mass is 9.48. The van der Waals surface area contributed by atoms with Gasteiger partial charge in [0.15, 0.2) is 11.5 Å². The van der Waals surface area contributed by atoms with E-state index in [9.17, 15) is 39.0 Å². The van der Waals surface area contributed by atoms with Gasteiger partial charge in [-0.25, -0.2) is 0 Å². The monoisotopic (exact) mass is 1110 g/mol. The van der Waals surface area contributed by atoms with E-state index >= 15 is 0 Å². The van der Waals surface area contributed by atoms with Crippen molar-refractivity contribution in [3.63, 3.8) is 0 Å². The fraction of sp³-hybridized carbons (Fsp3) is 0.593. The summed E-state index contributed by atoms with van der Waals surface area (Å²) in [7, 11) is 2.03. The molecule has 428 valence electrons. The van der Waals surface area contributed by atoms with Gasteiger partial charge in [0.05, 0.1) is 17.1 Å². The van der Waals surface area contributed by atoms with E-state index in [1.165, 1.54) is 5.56 Å². The number of nitrogens with zero attached hydrogens (tertiary/aromatic N) is 4. The number of carbonyl (C=O) groups excluding carboxylic acids is 6. The van der Waals surface area contributed by atoms with Gasteiger partial charge in [0.25, 0.3) is 0 Å². The van der Waals surface area contributed by atoms with Crippen LogP contribution in [0.25, 0.3) is 0 Å². The topological polar surface area (TPSA) is 246 Å². The number of likely N-dealkylation sites (N-methyl/N-ethyl adjacent to an activating group) is 1. The third-order valence-corrected chi connectivity index (χ3v) is 18.2. The molecule has 5 atom stereocenters. The van der Waals surface area contributed by atoms with Crippen LogP contribution in [0.1, 0.15) is 103 Å². The number of amides is 6. The van der Waals surface area contributed by atoms with Gasteiger partial charge in [-0.3, -0.25) is 28.8 Å². The van der Waals surface area contributed by atoms with Crippen molar-refractivity contribution in [1.82, 2.24) is 30.7 Å². The zero-order valence-corrected chi connectivity index (χ0v) is 46.5. The molecule has 3 saturated heterocycles. The van der Waals surface area contributed by atoms with Crippen LogP contribution in [0.4, 0.5) is 5.69 Å². The highest BCUT2D eigenvalue weighted by Crippen LogP contribution is 2.65. The van der Waals surface area contributed by atoms with Crippen LogP contribution in [-0.4, -0.2) is 177 Å². The van der Waals surface area contributed by atoms with E-state index in [0.717, 1.165) is 80.7 Å². The van der Waals surface area contributed by atoms with Gasteiger partial charge in [-0.05, 0) is 177 Å². The molecule has 6 aliphatic rings. The minimum Gasteiger partial charge on any atom is -0.504 e. The molecule has 2 bridgehead atoms. The standard InChI is InChI=1S/C59H79ClN8O11/c1-38-7-13-44(33-45(38)60)68(25-6-24-66-26-16-40(17-27-66)31-39-8-10-41(11-9-39)56(61)74)57(75)42-18-28-67(29-19-42)52(73)37-78-35-50(71)63-23-5-3-4-22-62-49(70)34-77-36-51(72)64-46-15-20-59(76)48-32-43-12-14-47(69)54-53(43)58(59,55(46)79-54)21-30-65(48)2/h7-14,33,40,42,46,48,55,69,76H,3-6,15-32,34-37H2,1-2H3,(H2,61,74)(H,62,70)(H,63,71)(H,64,72)/t46-,48?,55-,58-,59+/m0/s1. The number of phenolic OH excluding ortho intramolecular Hbond substituents is 1. The van der Waals surface area contributed by atoms with E-state index in [0.29, 0.717) is 106 Å². The second-order valence-electron chi connectivity index (χ2n) is 22.8. The second-order valence-corrected chi connectivity index (χ2v) is 23.2. The van der Waals surface area contributed by atoms with Crippen LogP contribution in [-0.2, 0) is 51.7 Å². The number of unbranched alkanes of at least 4 members (excludes halogenated alkanes) is 2. The third-order valence-electron chi connectivity index (χ3n) is 17.8. The average Bonchev–Trinajstić information content (AvgIpc) is 4.07. The molecule has 1 saturated carbocycles. The highest BCUT2D eigenvalue weighted by Gasteiger charge is 2.72. The van der Waals surface area contributed by atoms with Crippen LogP contribution in [0.5, 0.6) is 11.5 Å². The number of primary amides is 1. The first-order valence-corrected chi connectivity index (χ1v) is 28.8. The number of piperidine rings is 3. The Labute approximate surface area is 468 Å². The Morgan fingerprint density at radius 2 is 1.49 bits per heavy atom. The third kappa shape index (κ3) is 13.0. The number of aliphatic hydroxyl groups is 1. The number of nitrogens with two attached hydrogens (primary N) is 1. The lowest BCUT2D eigenvalue weighted by Crippen LogP contribution is -2.77. The van der Waals surface area contributed by atoms with Crippen molar-refractivity contribution >= 4 is 52.7 Å². The first-order valence-electron chi connectivity index (χ1n) is 28.4. The number of carbonyl (C=O) groups is 6. The van der Waals surface area contributed by atoms with Gasteiger partial charge in [-0.1, -0.05) is 35.9 Å². The molecule has 19 nitrogen and oxygen atoms in total. The van der Waals surface area contributed by atoms with Crippen LogP contribution in [0.15, 0.2) is 54.6 Å². The minimum absolute atomic E-state index is 0.0310. The molecule has 4 heterocycles. The van der Waals surface area contributed by atoms with E-state index in [2.05, 4.69) is 25.8 Å². The maximum absolute atomic E-state index is 14.2. The summed E-state index contributed by atoms with van der Waals surface area (Å²) >= 11 is 6.56. The summed E-state index contributed by atoms with van der Waals surface area (Å²) in [4.78, 5) is 85.1. The van der Waals surface area contributed by atoms with Crippen molar-refractivity contribution in [2.24, 2.45) is 17.6 Å². The number of nitrogens with one attached hydrogen (secondary N) is 3. The molecule has 3 aromatic rings. The molecule has 4 fully saturated rings. The van der Waals surface area contributed by atoms with Crippen LogP contribution in [0.2, 0.25) is 5.02 Å². The Morgan fingerprint density at radius 1 is 0.810 bits per heavy atom. The molecule has 3 aromatic carbocycles. The Kier molecular flexibility index (Phi) is 18.8. The fourth-order valence-corrected chi connectivity index (χ4v) is 13.6. The van der Waals surface area contributed by atoms with Gasteiger partial charge >= 0.3 is 0 Å². The van der Waals surface area contributed by atoms with Crippen molar-refractivity contribution in [1.29, 1.82) is 0 Å². The average molecular weight is 1110 g/mol. The van der Waals surface area contributed by atoms with Gasteiger partial charge < -0.3 is 65.7 Å². The Hall–Kier alpha value is -5.83. The molecule has 0 aromatic heterocycles. The number of aryl methyl sites for hydroxylation is 1. The van der Waals surface area contributed by atoms with E-state index < -0.39 is 35.0 Å². The summed E-state index contributed by atoms with van der Waals surface area (Å²) in [5.74, 6) is -0.928. The van der Waals surface area contributed by atoms with Gasteiger partial charge in [0.2, 0.25) is 35.4 Å². The number of phenols is 1. The van der Waals surface area contributed by atoms with Crippen molar-refractivity contribution in [3.05, 3.63) is 87.4 Å². The number of hydrogen-bond acceptors (Lipinski definition) is 13. The quantitative estimate of drug-likeness (QED) is 0.0701. The molecule has 9 rings (SSSR count). The zero-order valence-electron chi connectivity index (χ0n) is 45.8. The van der Waals surface area contributed by atoms with E-state index in [1.807, 2.05) is 55.3 Å². The lowest BCUT2D eigenvalue weighted by Gasteiger charge is -2.63. The lowest BCUT2D eigenvalue weighted by molar-refractivity contribution is -0.187. The fourth-order valence-electron chi connectivity index (χ4n) is 13.4. The molecule has 1 spiro atoms. The van der Waals surface area contributed by atoms with Gasteiger partial charge in [0.1, 0.15) is 32.5 Å². The second kappa shape index (κ2) is 25.7. The molecule has 79 heavy (non-hydrogen) atoms. The van der Waals surface area contributed by atoms with Crippen LogP contribution in [0, 0.1) is 18.8 Å². The van der Waals surface area contributed by atoms with E-state index in [1.54, 1.807) is 23.1 Å². The van der Waals surface area contributed by atoms with Gasteiger partial charge in [-0.15, -0.1) is 0 Å². The summed E-state index contributed by atoms with van der Waals surface area (Å²) in [6.45, 7) is 6.63. The van der Waals surface area contributed by atoms with Crippen molar-refractivity contribution < 1.29 is 53.2 Å². The predicted molar refractivity (Wildman–Crippen MR) is 297 cm³/mol. The summed E-state index contributed by atoms with van der Waals surface area (Å²) in [6.07, 6.45) is 8.76. The van der Waals surface area contributed by atoms with Gasteiger partial charge in [-0.2, -0.15) is 0 Å². The van der Waals surface area contributed by atoms with Crippen molar-refractivity contribution in [2.45, 2.75) is 120 Å². The highest BCUT2D eigenvalue weighted by molar-refractivity contribution is 6.31. The van der Waals surface area contributed by atoms with Gasteiger partial charge in [0, 0.05) is 66.5 Å². The smallest absolute Gasteiger partial charge is 0.248 e. The zero-order chi connectivity index (χ0) is 55.8. The Morgan fingerprint density at radius 3 is 2.18 bits per heavy atom. The van der Waals surface area contributed by atoms with Crippen LogP contribution < -0.4 is 31.3 Å². The molecule has 4 aliphatic heterocycles. The number of aromatic hydroxyl groups is 1. The summed E-state index contributed by atoms with van der Waals surface area (Å²) in [5, 5.41) is 32.4. The maximum atomic E-state index is 14.2. The molecular weight excluding hydrogens is 1030 g/mol. The number of ether oxygens (including phenoxy) is 3. The Balaban J connectivity index is 0.606. The van der Waals surface area contributed by atoms with Crippen LogP contribution in [0.3, 0.4) is 0 Å². The first kappa shape index (κ1) is 57.8. The normalized spacial score (nSPS) is 23.8. The molecular formula is C59H79ClN8O11. The molecule has 20 heteroatoms. The molecule has 1 unspecified atom stereocenters. The van der Waals surface area contributed by atoms with Crippen LogP contribution >= 0.6 is 11.6 Å². The number of rotatable bonds is 24. The Bertz CT molecular complexity index is 2700. The maximum Gasteiger partial charge on any atom is 0.248 e. The van der Waals surface area contributed by atoms with E-state index in [-0.39, 0.29) is 67.8 Å². The summed E-state index contributed by atoms with van der Waals surface area (Å²) in [6, 6.07) is 16.4. The first-order chi connectivity index (χ1) is 38.0. The number of anilines is 1. The van der Waals surface area contributed by atoms with Crippen molar-refractivity contribution in [2.75, 3.05) is 97.3 Å². The number of benzene rings is 3. The largest absolute Gasteiger partial charge is 0.504 e. The predicted octanol–water partition coefficient (Wildman–Crippen LogP) is 3.77. The minimum atomic E-state index is -1.06. The number of halogens is 1. The van der Waals surface area contributed by atoms with Crippen molar-refractivity contribution in [3.8, 4) is 11.5 Å². The summed E-state index contributed by atoms with van der Waals surface area (Å²) < 4.78 is 17.4. The SMILES string of the molecule is Cc1ccc(N(CCCN2CCC(Cc3ccc(C(N)=O)cc3)CC2)C(=O)C2CCN(C(=O)COCC(=O)NCCCCCNC(=O)COCC(=O)N[C@H]3CC[C@@]4(O)C5Cc6ccc(O)c7c6[C@@]4(CCN5C)[C@H]3O7)CC2)cc1Cl.